The van der Waals surface area contributed by atoms with Crippen LogP contribution in [0.15, 0.2) is 80.3 Å². The van der Waals surface area contributed by atoms with Gasteiger partial charge >= 0.3 is 5.97 Å². The van der Waals surface area contributed by atoms with Crippen LogP contribution in [0.4, 0.5) is 0 Å². The summed E-state index contributed by atoms with van der Waals surface area (Å²) < 4.78 is 17.6. The van der Waals surface area contributed by atoms with Crippen molar-refractivity contribution in [3.8, 4) is 11.5 Å². The molecule has 0 saturated heterocycles. The van der Waals surface area contributed by atoms with E-state index in [9.17, 15) is 14.7 Å². The summed E-state index contributed by atoms with van der Waals surface area (Å²) in [5, 5.41) is 12.1. The number of benzene rings is 3. The molecule has 1 N–H and O–H groups in total. The fourth-order valence-corrected chi connectivity index (χ4v) is 6.02. The second-order valence-electron chi connectivity index (χ2n) is 8.88. The summed E-state index contributed by atoms with van der Waals surface area (Å²) in [7, 11) is 0. The summed E-state index contributed by atoms with van der Waals surface area (Å²) in [6, 6.07) is 15.7. The summed E-state index contributed by atoms with van der Waals surface area (Å²) in [6.07, 6.45) is 1.66. The molecule has 3 aromatic rings. The molecule has 4 rings (SSSR count). The highest BCUT2D eigenvalue weighted by molar-refractivity contribution is 9.10. The molecule has 1 aliphatic heterocycles. The van der Waals surface area contributed by atoms with E-state index in [0.29, 0.717) is 48.7 Å². The number of esters is 1. The van der Waals surface area contributed by atoms with Crippen LogP contribution in [0.25, 0.3) is 6.08 Å². The fraction of sp³-hybridized carbons (Fsp3) is 0.194. The number of amides is 1. The number of nitrogens with zero attached hydrogens (tertiary/aromatic N) is 1. The zero-order valence-electron chi connectivity index (χ0n) is 22.9. The van der Waals surface area contributed by atoms with Crippen LogP contribution in [0, 0.1) is 6.92 Å². The number of halogens is 3. The van der Waals surface area contributed by atoms with E-state index in [1.165, 1.54) is 0 Å². The summed E-state index contributed by atoms with van der Waals surface area (Å²) in [5.74, 6) is -0.730. The van der Waals surface area contributed by atoms with Crippen LogP contribution in [0.3, 0.4) is 0 Å². The van der Waals surface area contributed by atoms with Crippen LogP contribution < -0.4 is 9.47 Å². The molecule has 0 aromatic heterocycles. The van der Waals surface area contributed by atoms with E-state index in [-0.39, 0.29) is 29.6 Å². The van der Waals surface area contributed by atoms with Gasteiger partial charge in [0, 0.05) is 21.2 Å². The molecule has 1 aliphatic rings. The van der Waals surface area contributed by atoms with Crippen molar-refractivity contribution in [2.75, 3.05) is 13.2 Å². The Morgan fingerprint density at radius 1 is 1.05 bits per heavy atom. The smallest absolute Gasteiger partial charge is 0.344 e. The number of carbonyl (C=O) groups excluding carboxylic acids is 2. The van der Waals surface area contributed by atoms with Crippen LogP contribution in [-0.2, 0) is 16.1 Å². The molecule has 218 valence electrons. The summed E-state index contributed by atoms with van der Waals surface area (Å²) >= 11 is 16.9. The first kappa shape index (κ1) is 31.7. The van der Waals surface area contributed by atoms with Crippen LogP contribution >= 0.6 is 50.9 Å². The minimum Gasteiger partial charge on any atom is -0.506 e. The number of ether oxygens (including phenoxy) is 3. The molecule has 1 heterocycles. The topological polar surface area (TPSA) is 94.4 Å². The Hall–Kier alpha value is -3.24. The van der Waals surface area contributed by atoms with Crippen molar-refractivity contribution in [1.82, 2.24) is 0 Å². The number of thioether (sulfide) groups is 1. The maximum Gasteiger partial charge on any atom is 0.344 e. The molecule has 0 radical (unpaired) electrons. The standard InChI is InChI=1S/C31H26BrCl2NO6S/c1-4-39-24-13-18(12-22(32)28(24)41-16-19-10-11-20(33)15-23(19)34)14-25-27(36)26(31(38)40-5-2)30(42-25)35-29(37)21-9-7-6-8-17(21)3/h6-15,36H,4-5,16H2,1-3H3/b25-14-,35-30?. The van der Waals surface area contributed by atoms with Crippen molar-refractivity contribution in [2.24, 2.45) is 4.99 Å². The van der Waals surface area contributed by atoms with E-state index in [2.05, 4.69) is 20.9 Å². The Morgan fingerprint density at radius 2 is 1.81 bits per heavy atom. The van der Waals surface area contributed by atoms with E-state index in [1.807, 2.05) is 13.0 Å². The highest BCUT2D eigenvalue weighted by Crippen LogP contribution is 2.42. The third-order valence-electron chi connectivity index (χ3n) is 5.97. The molecule has 11 heteroatoms. The van der Waals surface area contributed by atoms with Gasteiger partial charge in [0.15, 0.2) is 11.5 Å². The highest BCUT2D eigenvalue weighted by Gasteiger charge is 2.34. The largest absolute Gasteiger partial charge is 0.506 e. The van der Waals surface area contributed by atoms with E-state index in [4.69, 9.17) is 37.4 Å². The molecule has 0 fully saturated rings. The Balaban J connectivity index is 1.69. The van der Waals surface area contributed by atoms with Crippen molar-refractivity contribution in [3.63, 3.8) is 0 Å². The number of aliphatic imine (C=N–C) groups is 1. The van der Waals surface area contributed by atoms with Crippen molar-refractivity contribution in [2.45, 2.75) is 27.4 Å². The molecular weight excluding hydrogens is 665 g/mol. The Kier molecular flexibility index (Phi) is 10.8. The first-order chi connectivity index (χ1) is 20.1. The number of aliphatic hydroxyl groups is 1. The molecular formula is C31H26BrCl2NO6S. The average Bonchev–Trinajstić information content (AvgIpc) is 3.23. The molecule has 0 saturated carbocycles. The molecule has 3 aromatic carbocycles. The molecule has 7 nitrogen and oxygen atoms in total. The second-order valence-corrected chi connectivity index (χ2v) is 11.6. The van der Waals surface area contributed by atoms with Gasteiger partial charge < -0.3 is 19.3 Å². The van der Waals surface area contributed by atoms with E-state index >= 15 is 0 Å². The number of hydrogen-bond donors (Lipinski definition) is 1. The first-order valence-corrected chi connectivity index (χ1v) is 15.2. The highest BCUT2D eigenvalue weighted by atomic mass is 79.9. The van der Waals surface area contributed by atoms with Crippen LogP contribution in [0.5, 0.6) is 11.5 Å². The van der Waals surface area contributed by atoms with E-state index in [0.717, 1.165) is 22.9 Å². The lowest BCUT2D eigenvalue weighted by molar-refractivity contribution is -0.138. The third kappa shape index (κ3) is 7.39. The lowest BCUT2D eigenvalue weighted by Crippen LogP contribution is -2.14. The Morgan fingerprint density at radius 3 is 2.50 bits per heavy atom. The Bertz CT molecular complexity index is 1640. The molecule has 0 atom stereocenters. The molecule has 0 spiro atoms. The zero-order chi connectivity index (χ0) is 30.4. The zero-order valence-corrected chi connectivity index (χ0v) is 26.8. The first-order valence-electron chi connectivity index (χ1n) is 12.8. The predicted octanol–water partition coefficient (Wildman–Crippen LogP) is 8.74. The van der Waals surface area contributed by atoms with Gasteiger partial charge in [0.1, 0.15) is 23.0 Å². The number of carbonyl (C=O) groups is 2. The number of rotatable bonds is 9. The van der Waals surface area contributed by atoms with Gasteiger partial charge in [-0.3, -0.25) is 4.79 Å². The molecule has 0 unspecified atom stereocenters. The van der Waals surface area contributed by atoms with Gasteiger partial charge in [0.2, 0.25) is 0 Å². The van der Waals surface area contributed by atoms with Crippen molar-refractivity contribution < 1.29 is 28.9 Å². The fourth-order valence-electron chi connectivity index (χ4n) is 3.97. The van der Waals surface area contributed by atoms with E-state index < -0.39 is 11.9 Å². The molecule has 42 heavy (non-hydrogen) atoms. The summed E-state index contributed by atoms with van der Waals surface area (Å²) in [4.78, 5) is 30.3. The van der Waals surface area contributed by atoms with Gasteiger partial charge in [-0.15, -0.1) is 0 Å². The van der Waals surface area contributed by atoms with Gasteiger partial charge in [-0.1, -0.05) is 59.2 Å². The van der Waals surface area contributed by atoms with Crippen LogP contribution in [-0.4, -0.2) is 35.2 Å². The van der Waals surface area contributed by atoms with Gasteiger partial charge in [-0.25, -0.2) is 9.79 Å². The van der Waals surface area contributed by atoms with Crippen molar-refractivity contribution >= 4 is 73.9 Å². The number of aliphatic hydroxyl groups excluding tert-OH is 1. The minimum absolute atomic E-state index is 0.0503. The monoisotopic (exact) mass is 689 g/mol. The second kappa shape index (κ2) is 14.3. The van der Waals surface area contributed by atoms with E-state index in [1.54, 1.807) is 68.5 Å². The quantitative estimate of drug-likeness (QED) is 0.224. The lowest BCUT2D eigenvalue weighted by Gasteiger charge is -2.15. The maximum absolute atomic E-state index is 13.0. The van der Waals surface area contributed by atoms with Gasteiger partial charge in [0.05, 0.1) is 22.6 Å². The average molecular weight is 691 g/mol. The summed E-state index contributed by atoms with van der Waals surface area (Å²) in [6.45, 7) is 5.93. The molecule has 1 amide bonds. The van der Waals surface area contributed by atoms with Gasteiger partial charge in [-0.2, -0.15) is 0 Å². The van der Waals surface area contributed by atoms with Crippen LogP contribution in [0.1, 0.15) is 40.9 Å². The third-order valence-corrected chi connectivity index (χ3v) is 8.16. The van der Waals surface area contributed by atoms with Crippen molar-refractivity contribution in [1.29, 1.82) is 0 Å². The van der Waals surface area contributed by atoms with Crippen molar-refractivity contribution in [3.05, 3.63) is 108 Å². The van der Waals surface area contributed by atoms with Gasteiger partial charge in [0.25, 0.3) is 5.91 Å². The Labute approximate surface area is 266 Å². The normalized spacial score (nSPS) is 14.9. The number of hydrogen-bond acceptors (Lipinski definition) is 7. The SMILES string of the molecule is CCOC(=O)C1=C(O)/C(=C/c2cc(Br)c(OCc3ccc(Cl)cc3Cl)c(OCC)c2)SC1=NC(=O)c1ccccc1C. The molecule has 0 aliphatic carbocycles. The predicted molar refractivity (Wildman–Crippen MR) is 171 cm³/mol. The summed E-state index contributed by atoms with van der Waals surface area (Å²) in [5.41, 5.74) is 2.35. The number of aryl methyl sites for hydroxylation is 1. The lowest BCUT2D eigenvalue weighted by atomic mass is 10.1. The maximum atomic E-state index is 13.0. The molecule has 0 bridgehead atoms. The minimum atomic E-state index is -0.775. The van der Waals surface area contributed by atoms with Crippen LogP contribution in [0.2, 0.25) is 10.0 Å². The van der Waals surface area contributed by atoms with Gasteiger partial charge in [-0.05, 0) is 84.2 Å².